The van der Waals surface area contributed by atoms with Crippen LogP contribution in [-0.4, -0.2) is 17.5 Å². The zero-order valence-electron chi connectivity index (χ0n) is 3.44. The lowest BCUT2D eigenvalue weighted by molar-refractivity contribution is -0.398. The highest BCUT2D eigenvalue weighted by molar-refractivity contribution is 7.79. The van der Waals surface area contributed by atoms with Crippen LogP contribution >= 0.6 is 0 Å². The van der Waals surface area contributed by atoms with Gasteiger partial charge in [-0.05, 0) is 0 Å². The number of rotatable bonds is 0. The fraction of sp³-hybridized carbons (Fsp3) is 0. The molecule has 50 valence electrons. The van der Waals surface area contributed by atoms with Gasteiger partial charge in [-0.15, -0.1) is 0 Å². The molecule has 0 unspecified atom stereocenters. The van der Waals surface area contributed by atoms with Crippen molar-refractivity contribution in [3.05, 3.63) is 10.1 Å². The molecule has 0 radical (unpaired) electrons. The molecule has 0 aromatic heterocycles. The van der Waals surface area contributed by atoms with Crippen LogP contribution in [0.2, 0.25) is 0 Å². The molecule has 0 aromatic carbocycles. The maximum absolute atomic E-state index is 8.74. The van der Waals surface area contributed by atoms with E-state index in [0.717, 1.165) is 0 Å². The summed E-state index contributed by atoms with van der Waals surface area (Å²) >= 11 is 0. The Balaban J connectivity index is 0. The Labute approximate surface area is 44.5 Å². The minimum Gasteiger partial charge on any atom is -0.267 e. The summed E-state index contributed by atoms with van der Waals surface area (Å²) < 4.78 is 31.6. The van der Waals surface area contributed by atoms with Gasteiger partial charge in [0.25, 0.3) is 0 Å². The Kier molecular flexibility index (Phi) is 5.70. The summed E-state index contributed by atoms with van der Waals surface area (Å²) in [5, 5.41) is 8.38. The van der Waals surface area contributed by atoms with Crippen LogP contribution in [0.1, 0.15) is 0 Å². The van der Waals surface area contributed by atoms with Gasteiger partial charge in [0.1, 0.15) is 0 Å². The molecule has 7 nitrogen and oxygen atoms in total. The second-order valence-electron chi connectivity index (χ2n) is 0.531. The first-order valence-electron chi connectivity index (χ1n) is 1.11. The highest BCUT2D eigenvalue weighted by Gasteiger charge is 1.84. The van der Waals surface area contributed by atoms with Crippen molar-refractivity contribution in [2.24, 2.45) is 0 Å². The molecule has 8 heavy (non-hydrogen) atoms. The first kappa shape index (κ1) is 10.3. The molecular weight excluding hydrogens is 142 g/mol. The molecule has 0 aliphatic heterocycles. The van der Waals surface area contributed by atoms with E-state index in [9.17, 15) is 0 Å². The highest BCUT2D eigenvalue weighted by Crippen LogP contribution is 1.59. The molecular formula is H3NO6S. The normalized spacial score (nSPS) is 8.75. The molecule has 0 aliphatic rings. The maximum atomic E-state index is 8.74. The third-order valence-corrected chi connectivity index (χ3v) is 0. The minimum atomic E-state index is -4.67. The van der Waals surface area contributed by atoms with E-state index in [0.29, 0.717) is 0 Å². The van der Waals surface area contributed by atoms with Crippen LogP contribution in [0.3, 0.4) is 0 Å². The molecule has 0 heterocycles. The third-order valence-electron chi connectivity index (χ3n) is 0. The van der Waals surface area contributed by atoms with Crippen LogP contribution in [0.5, 0.6) is 0 Å². The fourth-order valence-electron chi connectivity index (χ4n) is 0. The second-order valence-corrected chi connectivity index (χ2v) is 1.43. The summed E-state index contributed by atoms with van der Waals surface area (Å²) in [5.41, 5.74) is 0. The predicted molar refractivity (Wildman–Crippen MR) is 21.9 cm³/mol. The predicted octanol–water partition coefficient (Wildman–Crippen LogP) is -2.32. The zero-order valence-corrected chi connectivity index (χ0v) is 4.25. The smallest absolute Gasteiger partial charge is 0.267 e. The van der Waals surface area contributed by atoms with E-state index in [4.69, 9.17) is 27.6 Å². The molecule has 0 saturated heterocycles. The van der Waals surface area contributed by atoms with Crippen molar-refractivity contribution < 1.29 is 22.9 Å². The summed E-state index contributed by atoms with van der Waals surface area (Å²) in [6, 6.07) is 0. The fourth-order valence-corrected chi connectivity index (χ4v) is 0. The van der Waals surface area contributed by atoms with E-state index in [2.05, 4.69) is 0 Å². The van der Waals surface area contributed by atoms with Gasteiger partial charge >= 0.3 is 10.4 Å². The first-order valence-corrected chi connectivity index (χ1v) is 2.50. The van der Waals surface area contributed by atoms with Gasteiger partial charge in [0.15, 0.2) is 0 Å². The molecule has 0 amide bonds. The number of hydrogen-bond donors (Lipinski definition) is 3. The summed E-state index contributed by atoms with van der Waals surface area (Å²) in [6.07, 6.45) is 0. The molecule has 0 spiro atoms. The quantitative estimate of drug-likeness (QED) is 0.199. The molecule has 0 aliphatic carbocycles. The van der Waals surface area contributed by atoms with Crippen LogP contribution in [0, 0.1) is 10.1 Å². The molecule has 0 rings (SSSR count). The van der Waals surface area contributed by atoms with Gasteiger partial charge in [-0.1, -0.05) is 0 Å². The van der Waals surface area contributed by atoms with Crippen LogP contribution in [0.25, 0.3) is 0 Å². The molecule has 0 aromatic rings. The third kappa shape index (κ3) is 180. The SMILES string of the molecule is O=S(=O)(O)O.O=[NH+][O-]. The van der Waals surface area contributed by atoms with E-state index in [-0.39, 0.29) is 5.34 Å². The highest BCUT2D eigenvalue weighted by atomic mass is 32.3. The largest absolute Gasteiger partial charge is 0.394 e. The number of hydrogen-bond acceptors (Lipinski definition) is 4. The standard InChI is InChI=1S/HNO2.H2O4S/c2-1-3;1-5(2,3)4/h1H;(H2,1,2,3,4). The van der Waals surface area contributed by atoms with Crippen molar-refractivity contribution in [1.29, 1.82) is 0 Å². The average molecular weight is 145 g/mol. The molecule has 0 fully saturated rings. The molecule has 0 atom stereocenters. The lowest BCUT2D eigenvalue weighted by Crippen LogP contribution is -2.53. The Hall–Kier alpha value is -0.730. The summed E-state index contributed by atoms with van der Waals surface area (Å²) in [4.78, 5) is 8.12. The van der Waals surface area contributed by atoms with Crippen molar-refractivity contribution in [2.45, 2.75) is 0 Å². The van der Waals surface area contributed by atoms with Crippen molar-refractivity contribution in [3.63, 3.8) is 0 Å². The first-order chi connectivity index (χ1) is 3.41. The van der Waals surface area contributed by atoms with Crippen molar-refractivity contribution in [2.75, 3.05) is 0 Å². The summed E-state index contributed by atoms with van der Waals surface area (Å²) in [6.45, 7) is 0. The average Bonchev–Trinajstić information content (AvgIpc) is 1.27. The Morgan fingerprint density at radius 3 is 1.38 bits per heavy atom. The van der Waals surface area contributed by atoms with Gasteiger partial charge in [-0.2, -0.15) is 8.42 Å². The minimum absolute atomic E-state index is 0.250. The monoisotopic (exact) mass is 145 g/mol. The molecule has 0 bridgehead atoms. The Bertz CT molecular complexity index is 123. The Morgan fingerprint density at radius 2 is 1.38 bits per heavy atom. The van der Waals surface area contributed by atoms with E-state index in [1.165, 1.54) is 0 Å². The van der Waals surface area contributed by atoms with Gasteiger partial charge in [-0.25, -0.2) is 0 Å². The van der Waals surface area contributed by atoms with E-state index in [1.807, 2.05) is 0 Å². The van der Waals surface area contributed by atoms with Gasteiger partial charge < -0.3 is 0 Å². The lowest BCUT2D eigenvalue weighted by atomic mass is 13.4. The van der Waals surface area contributed by atoms with Crippen LogP contribution in [-0.2, 0) is 10.4 Å². The van der Waals surface area contributed by atoms with Gasteiger partial charge in [0, 0.05) is 5.34 Å². The lowest BCUT2D eigenvalue weighted by Gasteiger charge is -1.68. The summed E-state index contributed by atoms with van der Waals surface area (Å²) in [7, 11) is -4.67. The van der Waals surface area contributed by atoms with Crippen LogP contribution < -0.4 is 5.34 Å². The van der Waals surface area contributed by atoms with Crippen LogP contribution in [0.4, 0.5) is 0 Å². The van der Waals surface area contributed by atoms with Gasteiger partial charge in [-0.3, -0.25) is 19.2 Å². The van der Waals surface area contributed by atoms with E-state index < -0.39 is 10.4 Å². The molecule has 0 saturated carbocycles. The zero-order chi connectivity index (χ0) is 7.21. The molecule has 3 N–H and O–H groups in total. The second kappa shape index (κ2) is 4.43. The van der Waals surface area contributed by atoms with E-state index in [1.54, 1.807) is 0 Å². The maximum Gasteiger partial charge on any atom is 0.394 e. The van der Waals surface area contributed by atoms with Crippen LogP contribution in [0.15, 0.2) is 0 Å². The Morgan fingerprint density at radius 1 is 1.38 bits per heavy atom. The van der Waals surface area contributed by atoms with Gasteiger partial charge in [0.2, 0.25) is 0 Å². The van der Waals surface area contributed by atoms with Crippen molar-refractivity contribution in [1.82, 2.24) is 0 Å². The van der Waals surface area contributed by atoms with Crippen molar-refractivity contribution >= 4 is 10.4 Å². The van der Waals surface area contributed by atoms with Crippen molar-refractivity contribution in [3.8, 4) is 0 Å². The van der Waals surface area contributed by atoms with E-state index >= 15 is 0 Å². The summed E-state index contributed by atoms with van der Waals surface area (Å²) in [5.74, 6) is 0. The number of nitrogens with one attached hydrogen (secondary N) is 1. The van der Waals surface area contributed by atoms with Gasteiger partial charge in [0.05, 0.1) is 0 Å². The topological polar surface area (TPSA) is 129 Å². The molecule has 8 heteroatoms.